The van der Waals surface area contributed by atoms with Crippen molar-refractivity contribution in [1.82, 2.24) is 0 Å². The molecule has 0 atom stereocenters. The highest BCUT2D eigenvalue weighted by molar-refractivity contribution is 4.62. The third-order valence-electron chi connectivity index (χ3n) is 5.87. The Balaban J connectivity index is 1.73. The van der Waals surface area contributed by atoms with E-state index in [0.717, 1.165) is 0 Å². The van der Waals surface area contributed by atoms with Gasteiger partial charge in [0, 0.05) is 0 Å². The van der Waals surface area contributed by atoms with Crippen molar-refractivity contribution in [1.29, 1.82) is 0 Å². The number of hydrogen-bond donors (Lipinski definition) is 0. The zero-order chi connectivity index (χ0) is 13.6. The van der Waals surface area contributed by atoms with Gasteiger partial charge >= 0.3 is 0 Å². The summed E-state index contributed by atoms with van der Waals surface area (Å²) >= 11 is 0. The number of nitrogens with zero attached hydrogens (tertiary/aromatic N) is 2. The zero-order valence-corrected chi connectivity index (χ0v) is 13.5. The first kappa shape index (κ1) is 15.3. The van der Waals surface area contributed by atoms with Crippen LogP contribution in [0.15, 0.2) is 0 Å². The molecule has 0 aromatic heterocycles. The smallest absolute Gasteiger partial charge is 0.129 e. The van der Waals surface area contributed by atoms with E-state index in [2.05, 4.69) is 13.8 Å². The second kappa shape index (κ2) is 7.08. The van der Waals surface area contributed by atoms with Crippen molar-refractivity contribution in [2.24, 2.45) is 0 Å². The Morgan fingerprint density at radius 1 is 0.526 bits per heavy atom. The highest BCUT2D eigenvalue weighted by Crippen LogP contribution is 2.28. The molecular formula is C17H36N2+2. The second-order valence-electron chi connectivity index (χ2n) is 7.24. The maximum absolute atomic E-state index is 2.32. The molecular weight excluding hydrogens is 232 g/mol. The van der Waals surface area contributed by atoms with Crippen molar-refractivity contribution in [3.05, 3.63) is 0 Å². The lowest BCUT2D eigenvalue weighted by Gasteiger charge is -2.55. The molecule has 2 bridgehead atoms. The lowest BCUT2D eigenvalue weighted by molar-refractivity contribution is -1.08. The monoisotopic (exact) mass is 268 g/mol. The molecule has 3 aliphatic heterocycles. The van der Waals surface area contributed by atoms with Gasteiger partial charge in [0.05, 0.1) is 13.1 Å². The largest absolute Gasteiger partial charge is 0.310 e. The summed E-state index contributed by atoms with van der Waals surface area (Å²) < 4.78 is 2.96. The van der Waals surface area contributed by atoms with Crippen LogP contribution in [0.25, 0.3) is 0 Å². The summed E-state index contributed by atoms with van der Waals surface area (Å²) in [4.78, 5) is 0. The van der Waals surface area contributed by atoms with Crippen LogP contribution in [0.2, 0.25) is 0 Å². The van der Waals surface area contributed by atoms with E-state index >= 15 is 0 Å². The summed E-state index contributed by atoms with van der Waals surface area (Å²) in [5.74, 6) is 0. The summed E-state index contributed by atoms with van der Waals surface area (Å²) in [5.41, 5.74) is 0. The molecule has 19 heavy (non-hydrogen) atoms. The molecule has 3 saturated heterocycles. The molecule has 0 N–H and O–H groups in total. The summed E-state index contributed by atoms with van der Waals surface area (Å²) in [7, 11) is 0. The van der Waals surface area contributed by atoms with Gasteiger partial charge in [0.15, 0.2) is 0 Å². The Bertz CT molecular complexity index is 237. The molecule has 0 unspecified atom stereocenters. The van der Waals surface area contributed by atoms with Gasteiger partial charge in [-0.3, -0.25) is 0 Å². The van der Waals surface area contributed by atoms with Crippen molar-refractivity contribution in [2.45, 2.75) is 58.8 Å². The molecule has 0 radical (unpaired) electrons. The summed E-state index contributed by atoms with van der Waals surface area (Å²) in [5, 5.41) is 0. The normalized spacial score (nSPS) is 33.8. The predicted octanol–water partition coefficient (Wildman–Crippen LogP) is 3.42. The topological polar surface area (TPSA) is 0 Å². The van der Waals surface area contributed by atoms with Gasteiger partial charge in [-0.1, -0.05) is 33.1 Å². The molecule has 2 heteroatoms. The minimum Gasteiger partial charge on any atom is -0.310 e. The predicted molar refractivity (Wildman–Crippen MR) is 83.1 cm³/mol. The lowest BCUT2D eigenvalue weighted by atomic mass is 10.0. The van der Waals surface area contributed by atoms with Gasteiger partial charge in [-0.25, -0.2) is 0 Å². The third kappa shape index (κ3) is 3.95. The van der Waals surface area contributed by atoms with E-state index in [1.165, 1.54) is 106 Å². The van der Waals surface area contributed by atoms with E-state index in [0.29, 0.717) is 0 Å². The summed E-state index contributed by atoms with van der Waals surface area (Å²) in [6, 6.07) is 0. The molecule has 0 saturated carbocycles. The van der Waals surface area contributed by atoms with E-state index in [-0.39, 0.29) is 0 Å². The fourth-order valence-electron chi connectivity index (χ4n) is 4.19. The number of hydrogen-bond acceptors (Lipinski definition) is 0. The highest BCUT2D eigenvalue weighted by atomic mass is 15.5. The molecule has 2 nitrogen and oxygen atoms in total. The third-order valence-corrected chi connectivity index (χ3v) is 5.87. The molecule has 3 fully saturated rings. The molecule has 0 aliphatic carbocycles. The van der Waals surface area contributed by atoms with Crippen LogP contribution >= 0.6 is 0 Å². The zero-order valence-electron chi connectivity index (χ0n) is 13.5. The number of fused-ring (bicyclic) bond motifs is 3. The van der Waals surface area contributed by atoms with Gasteiger partial charge in [-0.2, -0.15) is 0 Å². The van der Waals surface area contributed by atoms with E-state index < -0.39 is 0 Å². The van der Waals surface area contributed by atoms with Gasteiger partial charge in [0.25, 0.3) is 0 Å². The first-order valence-corrected chi connectivity index (χ1v) is 8.94. The standard InChI is InChI=1S/C17H36N2/c1-3-5-7-9-11-19-15-12-18(13-16-19,14-17-19)10-8-6-4-2/h3-17H2,1-2H3/q+2. The molecule has 0 aromatic carbocycles. The SMILES string of the molecule is CCCCCC[N+]12CC[N+](CCCCC)(CC1)CC2. The molecule has 3 rings (SSSR count). The molecule has 3 aliphatic rings. The Labute approximate surface area is 121 Å². The van der Waals surface area contributed by atoms with Crippen molar-refractivity contribution in [2.75, 3.05) is 52.4 Å². The van der Waals surface area contributed by atoms with Crippen LogP contribution in [-0.2, 0) is 0 Å². The van der Waals surface area contributed by atoms with Crippen molar-refractivity contribution < 1.29 is 8.97 Å². The van der Waals surface area contributed by atoms with Crippen molar-refractivity contribution in [3.63, 3.8) is 0 Å². The maximum atomic E-state index is 2.32. The van der Waals surface area contributed by atoms with Gasteiger partial charge in [0.2, 0.25) is 0 Å². The first-order chi connectivity index (χ1) is 9.24. The van der Waals surface area contributed by atoms with E-state index in [1.807, 2.05) is 0 Å². The Morgan fingerprint density at radius 3 is 1.32 bits per heavy atom. The fourth-order valence-corrected chi connectivity index (χ4v) is 4.19. The fraction of sp³-hybridized carbons (Fsp3) is 1.00. The van der Waals surface area contributed by atoms with Crippen LogP contribution < -0.4 is 0 Å². The van der Waals surface area contributed by atoms with Crippen molar-refractivity contribution >= 4 is 0 Å². The number of unbranched alkanes of at least 4 members (excludes halogenated alkanes) is 5. The summed E-state index contributed by atoms with van der Waals surface area (Å²) in [6.07, 6.45) is 10.0. The Morgan fingerprint density at radius 2 is 0.895 bits per heavy atom. The second-order valence-corrected chi connectivity index (χ2v) is 7.24. The molecule has 0 amide bonds. The summed E-state index contributed by atoms with van der Waals surface area (Å²) in [6.45, 7) is 16.5. The molecule has 0 spiro atoms. The maximum Gasteiger partial charge on any atom is 0.129 e. The average molecular weight is 268 g/mol. The van der Waals surface area contributed by atoms with Gasteiger partial charge < -0.3 is 8.97 Å². The molecule has 112 valence electrons. The Kier molecular flexibility index (Phi) is 5.70. The lowest BCUT2D eigenvalue weighted by Crippen LogP contribution is -2.75. The minimum absolute atomic E-state index is 1.37. The first-order valence-electron chi connectivity index (χ1n) is 8.94. The Hall–Kier alpha value is -0.0800. The van der Waals surface area contributed by atoms with Crippen LogP contribution in [0.3, 0.4) is 0 Å². The van der Waals surface area contributed by atoms with Crippen LogP contribution in [0, 0.1) is 0 Å². The van der Waals surface area contributed by atoms with Crippen LogP contribution in [0.4, 0.5) is 0 Å². The van der Waals surface area contributed by atoms with Gasteiger partial charge in [-0.05, 0) is 25.7 Å². The van der Waals surface area contributed by atoms with Gasteiger partial charge in [0.1, 0.15) is 39.3 Å². The molecule has 3 heterocycles. The highest BCUT2D eigenvalue weighted by Gasteiger charge is 2.47. The number of rotatable bonds is 9. The quantitative estimate of drug-likeness (QED) is 0.444. The minimum atomic E-state index is 1.37. The van der Waals surface area contributed by atoms with Crippen LogP contribution in [0.1, 0.15) is 58.8 Å². The number of quaternary nitrogens is 2. The molecule has 0 aromatic rings. The van der Waals surface area contributed by atoms with E-state index in [9.17, 15) is 0 Å². The average Bonchev–Trinajstić information content (AvgIpc) is 2.46. The number of piperazine rings is 3. The van der Waals surface area contributed by atoms with Crippen molar-refractivity contribution in [3.8, 4) is 0 Å². The van der Waals surface area contributed by atoms with E-state index in [4.69, 9.17) is 0 Å². The van der Waals surface area contributed by atoms with E-state index in [1.54, 1.807) is 0 Å². The van der Waals surface area contributed by atoms with Crippen LogP contribution in [0.5, 0.6) is 0 Å². The van der Waals surface area contributed by atoms with Gasteiger partial charge in [-0.15, -0.1) is 0 Å². The van der Waals surface area contributed by atoms with Crippen LogP contribution in [-0.4, -0.2) is 61.3 Å².